The van der Waals surface area contributed by atoms with Gasteiger partial charge in [0.25, 0.3) is 0 Å². The molecule has 1 aromatic heterocycles. The van der Waals surface area contributed by atoms with Gasteiger partial charge < -0.3 is 4.42 Å². The molecular formula is C16H20O. The van der Waals surface area contributed by atoms with Gasteiger partial charge in [-0.15, -0.1) is 0 Å². The van der Waals surface area contributed by atoms with Gasteiger partial charge in [-0.25, -0.2) is 0 Å². The maximum absolute atomic E-state index is 5.76. The lowest BCUT2D eigenvalue weighted by Crippen LogP contribution is -1.94. The Morgan fingerprint density at radius 2 is 1.82 bits per heavy atom. The fourth-order valence-electron chi connectivity index (χ4n) is 2.01. The van der Waals surface area contributed by atoms with E-state index >= 15 is 0 Å². The van der Waals surface area contributed by atoms with Gasteiger partial charge in [0.2, 0.25) is 0 Å². The number of hydrogen-bond acceptors (Lipinski definition) is 1. The lowest BCUT2D eigenvalue weighted by molar-refractivity contribution is 0.442. The second kappa shape index (κ2) is 5.22. The lowest BCUT2D eigenvalue weighted by Gasteiger charge is -2.08. The normalized spacial score (nSPS) is 12.6. The summed E-state index contributed by atoms with van der Waals surface area (Å²) in [6.45, 7) is 6.37. The molecule has 0 fully saturated rings. The van der Waals surface area contributed by atoms with Crippen molar-refractivity contribution in [1.29, 1.82) is 0 Å². The molecule has 1 heteroatoms. The maximum atomic E-state index is 5.76. The Hall–Kier alpha value is -1.50. The summed E-state index contributed by atoms with van der Waals surface area (Å²) in [5.74, 6) is 2.66. The minimum Gasteiger partial charge on any atom is -0.466 e. The van der Waals surface area contributed by atoms with Gasteiger partial charge >= 0.3 is 0 Å². The van der Waals surface area contributed by atoms with Gasteiger partial charge in [-0.1, -0.05) is 37.3 Å². The van der Waals surface area contributed by atoms with E-state index in [1.54, 1.807) is 0 Å². The Morgan fingerprint density at radius 3 is 2.41 bits per heavy atom. The summed E-state index contributed by atoms with van der Waals surface area (Å²) in [5, 5.41) is 0. The summed E-state index contributed by atoms with van der Waals surface area (Å²) in [6.07, 6.45) is 2.25. The van der Waals surface area contributed by atoms with Gasteiger partial charge in [-0.05, 0) is 43.9 Å². The first-order chi connectivity index (χ1) is 8.16. The molecule has 2 rings (SSSR count). The molecule has 1 atom stereocenters. The van der Waals surface area contributed by atoms with Crippen LogP contribution < -0.4 is 0 Å². The Balaban J connectivity index is 1.96. The zero-order valence-electron chi connectivity index (χ0n) is 10.9. The van der Waals surface area contributed by atoms with Crippen molar-refractivity contribution >= 4 is 0 Å². The van der Waals surface area contributed by atoms with Crippen LogP contribution in [-0.4, -0.2) is 0 Å². The molecule has 0 aliphatic carbocycles. The van der Waals surface area contributed by atoms with Gasteiger partial charge in [0.05, 0.1) is 0 Å². The molecule has 1 aromatic carbocycles. The van der Waals surface area contributed by atoms with E-state index in [4.69, 9.17) is 4.42 Å². The van der Waals surface area contributed by atoms with E-state index in [0.717, 1.165) is 24.4 Å². The standard InChI is InChI=1S/C16H20O/c1-12(16-11-13(2)14(3)17-16)9-10-15-7-5-4-6-8-15/h4-8,11-12H,9-10H2,1-3H3. The average molecular weight is 228 g/mol. The Bertz CT molecular complexity index is 448. The molecule has 0 bridgehead atoms. The Morgan fingerprint density at radius 1 is 1.12 bits per heavy atom. The molecule has 0 saturated carbocycles. The van der Waals surface area contributed by atoms with Crippen LogP contribution in [0.15, 0.2) is 40.8 Å². The zero-order valence-corrected chi connectivity index (χ0v) is 10.9. The van der Waals surface area contributed by atoms with Crippen molar-refractivity contribution in [3.05, 3.63) is 59.0 Å². The van der Waals surface area contributed by atoms with Gasteiger partial charge in [-0.2, -0.15) is 0 Å². The van der Waals surface area contributed by atoms with Crippen LogP contribution in [-0.2, 0) is 6.42 Å². The van der Waals surface area contributed by atoms with Crippen molar-refractivity contribution in [2.75, 3.05) is 0 Å². The highest BCUT2D eigenvalue weighted by Gasteiger charge is 2.11. The lowest BCUT2D eigenvalue weighted by atomic mass is 9.99. The van der Waals surface area contributed by atoms with Gasteiger partial charge in [0, 0.05) is 5.92 Å². The molecule has 90 valence electrons. The minimum absolute atomic E-state index is 0.489. The van der Waals surface area contributed by atoms with E-state index in [2.05, 4.69) is 50.2 Å². The third kappa shape index (κ3) is 3.00. The molecule has 1 heterocycles. The van der Waals surface area contributed by atoms with E-state index in [0.29, 0.717) is 5.92 Å². The van der Waals surface area contributed by atoms with Crippen LogP contribution in [0.25, 0.3) is 0 Å². The number of hydrogen-bond donors (Lipinski definition) is 0. The fraction of sp³-hybridized carbons (Fsp3) is 0.375. The van der Waals surface area contributed by atoms with Crippen LogP contribution in [0.5, 0.6) is 0 Å². The summed E-state index contributed by atoms with van der Waals surface area (Å²) in [7, 11) is 0. The highest BCUT2D eigenvalue weighted by Crippen LogP contribution is 2.25. The molecule has 1 unspecified atom stereocenters. The van der Waals surface area contributed by atoms with Gasteiger partial charge in [-0.3, -0.25) is 0 Å². The molecule has 0 aliphatic heterocycles. The van der Waals surface area contributed by atoms with Crippen molar-refractivity contribution in [2.24, 2.45) is 0 Å². The maximum Gasteiger partial charge on any atom is 0.107 e. The van der Waals surface area contributed by atoms with Crippen LogP contribution in [0, 0.1) is 13.8 Å². The third-order valence-corrected chi connectivity index (χ3v) is 3.38. The highest BCUT2D eigenvalue weighted by atomic mass is 16.3. The first-order valence-corrected chi connectivity index (χ1v) is 6.27. The molecule has 17 heavy (non-hydrogen) atoms. The predicted octanol–water partition coefficient (Wildman–Crippen LogP) is 4.63. The number of furan rings is 1. The monoisotopic (exact) mass is 228 g/mol. The smallest absolute Gasteiger partial charge is 0.107 e. The summed E-state index contributed by atoms with van der Waals surface area (Å²) in [4.78, 5) is 0. The van der Waals surface area contributed by atoms with E-state index in [-0.39, 0.29) is 0 Å². The fourth-order valence-corrected chi connectivity index (χ4v) is 2.01. The molecule has 0 amide bonds. The quantitative estimate of drug-likeness (QED) is 0.743. The van der Waals surface area contributed by atoms with Crippen LogP contribution in [0.4, 0.5) is 0 Å². The van der Waals surface area contributed by atoms with E-state index in [9.17, 15) is 0 Å². The van der Waals surface area contributed by atoms with Crippen LogP contribution in [0.2, 0.25) is 0 Å². The Labute approximate surface area is 103 Å². The molecular weight excluding hydrogens is 208 g/mol. The van der Waals surface area contributed by atoms with Crippen molar-refractivity contribution < 1.29 is 4.42 Å². The number of rotatable bonds is 4. The summed E-state index contributed by atoms with van der Waals surface area (Å²) >= 11 is 0. The minimum atomic E-state index is 0.489. The molecule has 0 aliphatic rings. The Kier molecular flexibility index (Phi) is 3.68. The van der Waals surface area contributed by atoms with Crippen LogP contribution in [0.1, 0.15) is 41.9 Å². The largest absolute Gasteiger partial charge is 0.466 e. The average Bonchev–Trinajstić information content (AvgIpc) is 2.68. The van der Waals surface area contributed by atoms with E-state index < -0.39 is 0 Å². The number of benzene rings is 1. The topological polar surface area (TPSA) is 13.1 Å². The summed E-state index contributed by atoms with van der Waals surface area (Å²) < 4.78 is 5.76. The number of aryl methyl sites for hydroxylation is 3. The highest BCUT2D eigenvalue weighted by molar-refractivity contribution is 5.21. The molecule has 0 N–H and O–H groups in total. The van der Waals surface area contributed by atoms with Crippen molar-refractivity contribution in [2.45, 2.75) is 39.5 Å². The second-order valence-electron chi connectivity index (χ2n) is 4.81. The van der Waals surface area contributed by atoms with Crippen molar-refractivity contribution in [3.63, 3.8) is 0 Å². The van der Waals surface area contributed by atoms with E-state index in [1.165, 1.54) is 11.1 Å². The molecule has 0 radical (unpaired) electrons. The second-order valence-corrected chi connectivity index (χ2v) is 4.81. The summed E-state index contributed by atoms with van der Waals surface area (Å²) in [5.41, 5.74) is 2.66. The predicted molar refractivity (Wildman–Crippen MR) is 71.4 cm³/mol. The third-order valence-electron chi connectivity index (χ3n) is 3.38. The van der Waals surface area contributed by atoms with E-state index in [1.807, 2.05) is 6.92 Å². The molecule has 0 saturated heterocycles. The molecule has 1 nitrogen and oxygen atoms in total. The summed E-state index contributed by atoms with van der Waals surface area (Å²) in [6, 6.07) is 12.8. The van der Waals surface area contributed by atoms with Gasteiger partial charge in [0.15, 0.2) is 0 Å². The van der Waals surface area contributed by atoms with Crippen molar-refractivity contribution in [1.82, 2.24) is 0 Å². The first-order valence-electron chi connectivity index (χ1n) is 6.27. The van der Waals surface area contributed by atoms with Crippen LogP contribution in [0.3, 0.4) is 0 Å². The molecule has 0 spiro atoms. The molecule has 2 aromatic rings. The zero-order chi connectivity index (χ0) is 12.3. The van der Waals surface area contributed by atoms with Crippen molar-refractivity contribution in [3.8, 4) is 0 Å². The SMILES string of the molecule is Cc1cc(C(C)CCc2ccccc2)oc1C. The van der Waals surface area contributed by atoms with Crippen LogP contribution >= 0.6 is 0 Å². The van der Waals surface area contributed by atoms with Gasteiger partial charge in [0.1, 0.15) is 11.5 Å². The first kappa shape index (κ1) is 12.0.